The van der Waals surface area contributed by atoms with E-state index in [4.69, 9.17) is 9.47 Å². The maximum atomic E-state index is 11.9. The van der Waals surface area contributed by atoms with Gasteiger partial charge in [0.25, 0.3) is 0 Å². The highest BCUT2D eigenvalue weighted by Gasteiger charge is 2.30. The summed E-state index contributed by atoms with van der Waals surface area (Å²) >= 11 is 1.39. The van der Waals surface area contributed by atoms with Crippen molar-refractivity contribution in [1.82, 2.24) is 14.8 Å². The second-order valence-electron chi connectivity index (χ2n) is 6.64. The van der Waals surface area contributed by atoms with Crippen molar-refractivity contribution in [2.24, 2.45) is 0 Å². The van der Waals surface area contributed by atoms with E-state index in [9.17, 15) is 4.79 Å². The molecule has 2 aromatic carbocycles. The summed E-state index contributed by atoms with van der Waals surface area (Å²) in [6.45, 7) is 4.79. The van der Waals surface area contributed by atoms with Crippen molar-refractivity contribution in [2.75, 3.05) is 6.61 Å². The van der Waals surface area contributed by atoms with Crippen LogP contribution < -0.4 is 4.74 Å². The quantitative estimate of drug-likeness (QED) is 0.590. The highest BCUT2D eigenvalue weighted by molar-refractivity contribution is 8.00. The number of aryl methyl sites for hydroxylation is 2. The molecule has 1 atom stereocenters. The first-order chi connectivity index (χ1) is 13.6. The Morgan fingerprint density at radius 1 is 1.11 bits per heavy atom. The number of ether oxygens (including phenoxy) is 2. The van der Waals surface area contributed by atoms with Gasteiger partial charge in [-0.2, -0.15) is 0 Å². The average Bonchev–Trinajstić information content (AvgIpc) is 3.29. The molecule has 2 heterocycles. The van der Waals surface area contributed by atoms with Crippen LogP contribution >= 0.6 is 11.8 Å². The Morgan fingerprint density at radius 3 is 2.54 bits per heavy atom. The van der Waals surface area contributed by atoms with Gasteiger partial charge in [-0.1, -0.05) is 48.2 Å². The lowest BCUT2D eigenvalue weighted by atomic mass is 10.1. The molecular weight excluding hydrogens is 374 g/mol. The van der Waals surface area contributed by atoms with Gasteiger partial charge in [0.1, 0.15) is 17.6 Å². The summed E-state index contributed by atoms with van der Waals surface area (Å²) < 4.78 is 13.1. The van der Waals surface area contributed by atoms with Crippen LogP contribution in [0.5, 0.6) is 5.75 Å². The molecule has 0 saturated carbocycles. The number of para-hydroxylation sites is 2. The molecule has 144 valence electrons. The summed E-state index contributed by atoms with van der Waals surface area (Å²) in [6.07, 6.45) is 0.680. The van der Waals surface area contributed by atoms with E-state index >= 15 is 0 Å². The van der Waals surface area contributed by atoms with Crippen LogP contribution in [0.25, 0.3) is 5.69 Å². The number of benzene rings is 2. The zero-order chi connectivity index (χ0) is 19.5. The van der Waals surface area contributed by atoms with Gasteiger partial charge in [0.05, 0.1) is 6.61 Å². The Kier molecular flexibility index (Phi) is 5.34. The third-order valence-corrected chi connectivity index (χ3v) is 5.79. The fraction of sp³-hybridized carbons (Fsp3) is 0.286. The Balaban J connectivity index is 1.64. The van der Waals surface area contributed by atoms with Crippen molar-refractivity contribution in [2.45, 2.75) is 37.3 Å². The lowest BCUT2D eigenvalue weighted by molar-refractivity contribution is -0.137. The molecule has 0 amide bonds. The topological polar surface area (TPSA) is 66.2 Å². The van der Waals surface area contributed by atoms with Crippen LogP contribution in [0.15, 0.2) is 53.7 Å². The van der Waals surface area contributed by atoms with E-state index < -0.39 is 0 Å². The predicted octanol–water partition coefficient (Wildman–Crippen LogP) is 3.87. The normalized spacial score (nSPS) is 16.2. The Morgan fingerprint density at radius 2 is 1.86 bits per heavy atom. The zero-order valence-corrected chi connectivity index (χ0v) is 16.6. The summed E-state index contributed by atoms with van der Waals surface area (Å²) in [5.41, 5.74) is 3.09. The number of hydrogen-bond donors (Lipinski definition) is 0. The molecule has 28 heavy (non-hydrogen) atoms. The summed E-state index contributed by atoms with van der Waals surface area (Å²) in [6, 6.07) is 15.9. The third kappa shape index (κ3) is 3.75. The molecule has 0 N–H and O–H groups in total. The van der Waals surface area contributed by atoms with Crippen molar-refractivity contribution < 1.29 is 14.3 Å². The maximum Gasteiger partial charge on any atom is 0.319 e. The third-order valence-electron chi connectivity index (χ3n) is 4.60. The van der Waals surface area contributed by atoms with E-state index in [-0.39, 0.29) is 17.8 Å². The number of carbonyl (C=O) groups is 1. The molecule has 0 spiro atoms. The van der Waals surface area contributed by atoms with Gasteiger partial charge in [0.2, 0.25) is 0 Å². The van der Waals surface area contributed by atoms with E-state index in [0.29, 0.717) is 24.0 Å². The summed E-state index contributed by atoms with van der Waals surface area (Å²) in [4.78, 5) is 11.9. The minimum Gasteiger partial charge on any atom is -0.485 e. The highest BCUT2D eigenvalue weighted by atomic mass is 32.2. The second-order valence-corrected chi connectivity index (χ2v) is 7.81. The number of nitrogens with zero attached hydrogens (tertiary/aromatic N) is 3. The number of aromatic nitrogens is 3. The fourth-order valence-electron chi connectivity index (χ4n) is 3.18. The first-order valence-corrected chi connectivity index (χ1v) is 10.0. The lowest BCUT2D eigenvalue weighted by Gasteiger charge is -2.14. The number of rotatable bonds is 6. The molecule has 7 heteroatoms. The largest absolute Gasteiger partial charge is 0.485 e. The van der Waals surface area contributed by atoms with Crippen molar-refractivity contribution in [1.29, 1.82) is 0 Å². The molecule has 0 radical (unpaired) electrons. The van der Waals surface area contributed by atoms with Gasteiger partial charge < -0.3 is 9.47 Å². The average molecular weight is 395 g/mol. The first kappa shape index (κ1) is 18.6. The fourth-order valence-corrected chi connectivity index (χ4v) is 4.22. The minimum atomic E-state index is -0.251. The lowest BCUT2D eigenvalue weighted by Crippen LogP contribution is -2.12. The molecule has 1 saturated heterocycles. The number of thioether (sulfide) groups is 1. The van der Waals surface area contributed by atoms with Crippen LogP contribution in [0.4, 0.5) is 0 Å². The van der Waals surface area contributed by atoms with Gasteiger partial charge in [0, 0.05) is 12.1 Å². The van der Waals surface area contributed by atoms with Crippen LogP contribution in [0.2, 0.25) is 0 Å². The Labute approximate surface area is 167 Å². The van der Waals surface area contributed by atoms with Crippen LogP contribution in [-0.2, 0) is 16.1 Å². The first-order valence-electron chi connectivity index (χ1n) is 9.15. The smallest absolute Gasteiger partial charge is 0.319 e. The number of cyclic esters (lactones) is 1. The molecule has 1 fully saturated rings. The molecular formula is C21H21N3O3S. The van der Waals surface area contributed by atoms with Gasteiger partial charge in [-0.3, -0.25) is 9.36 Å². The van der Waals surface area contributed by atoms with E-state index in [2.05, 4.69) is 10.2 Å². The maximum absolute atomic E-state index is 11.9. The second kappa shape index (κ2) is 8.06. The molecule has 0 unspecified atom stereocenters. The van der Waals surface area contributed by atoms with Crippen molar-refractivity contribution >= 4 is 17.7 Å². The van der Waals surface area contributed by atoms with Gasteiger partial charge >= 0.3 is 5.97 Å². The van der Waals surface area contributed by atoms with Crippen LogP contribution in [0.1, 0.15) is 23.4 Å². The summed E-state index contributed by atoms with van der Waals surface area (Å²) in [5.74, 6) is 1.35. The van der Waals surface area contributed by atoms with E-state index in [0.717, 1.165) is 22.6 Å². The van der Waals surface area contributed by atoms with E-state index in [1.165, 1.54) is 11.8 Å². The molecule has 1 aliphatic rings. The van der Waals surface area contributed by atoms with Crippen molar-refractivity contribution in [3.63, 3.8) is 0 Å². The zero-order valence-electron chi connectivity index (χ0n) is 15.8. The highest BCUT2D eigenvalue weighted by Crippen LogP contribution is 2.31. The minimum absolute atomic E-state index is 0.194. The summed E-state index contributed by atoms with van der Waals surface area (Å²) in [7, 11) is 0. The Hall–Kier alpha value is -2.80. The Bertz CT molecular complexity index is 968. The van der Waals surface area contributed by atoms with Gasteiger partial charge in [-0.05, 0) is 37.1 Å². The van der Waals surface area contributed by atoms with Gasteiger partial charge in [0.15, 0.2) is 11.0 Å². The molecule has 0 aliphatic carbocycles. The molecule has 1 aromatic heterocycles. The van der Waals surface area contributed by atoms with Crippen LogP contribution in [0.3, 0.4) is 0 Å². The number of esters is 1. The molecule has 0 bridgehead atoms. The standard InChI is InChI=1S/C21H21N3O3S/c1-14-7-6-8-15(2)19(14)27-13-18-22-23-21(28-17-11-12-26-20(17)25)24(18)16-9-4-3-5-10-16/h3-10,17H,11-13H2,1-2H3/t17-/m0/s1. The summed E-state index contributed by atoms with van der Waals surface area (Å²) in [5, 5.41) is 9.10. The monoisotopic (exact) mass is 395 g/mol. The van der Waals surface area contributed by atoms with Crippen molar-refractivity contribution in [3.8, 4) is 11.4 Å². The SMILES string of the molecule is Cc1cccc(C)c1OCc1nnc(S[C@H]2CCOC2=O)n1-c1ccccc1. The van der Waals surface area contributed by atoms with E-state index in [1.54, 1.807) is 0 Å². The molecule has 1 aliphatic heterocycles. The number of hydrogen-bond acceptors (Lipinski definition) is 6. The molecule has 4 rings (SSSR count). The van der Waals surface area contributed by atoms with Crippen molar-refractivity contribution in [3.05, 3.63) is 65.5 Å². The van der Waals surface area contributed by atoms with Crippen LogP contribution in [-0.4, -0.2) is 32.6 Å². The van der Waals surface area contributed by atoms with Crippen LogP contribution in [0, 0.1) is 13.8 Å². The van der Waals surface area contributed by atoms with E-state index in [1.807, 2.05) is 66.9 Å². The molecule has 6 nitrogen and oxygen atoms in total. The molecule has 3 aromatic rings. The predicted molar refractivity (Wildman–Crippen MR) is 107 cm³/mol. The number of carbonyl (C=O) groups excluding carboxylic acids is 1. The van der Waals surface area contributed by atoms with Gasteiger partial charge in [-0.15, -0.1) is 10.2 Å². The van der Waals surface area contributed by atoms with Gasteiger partial charge in [-0.25, -0.2) is 0 Å².